The SMILES string of the molecule is N=C(N)c1ccccc1OC1CC1. The van der Waals surface area contributed by atoms with Gasteiger partial charge < -0.3 is 10.5 Å². The average molecular weight is 176 g/mol. The van der Waals surface area contributed by atoms with Crippen molar-refractivity contribution >= 4 is 5.84 Å². The number of benzene rings is 1. The highest BCUT2D eigenvalue weighted by atomic mass is 16.5. The summed E-state index contributed by atoms with van der Waals surface area (Å²) in [6.45, 7) is 0. The fourth-order valence-electron chi connectivity index (χ4n) is 1.16. The number of hydrogen-bond donors (Lipinski definition) is 2. The first-order chi connectivity index (χ1) is 6.27. The molecule has 0 bridgehead atoms. The molecule has 3 N–H and O–H groups in total. The van der Waals surface area contributed by atoms with Crippen LogP contribution in [0.25, 0.3) is 0 Å². The minimum absolute atomic E-state index is 0.0660. The fraction of sp³-hybridized carbons (Fsp3) is 0.300. The molecule has 1 fully saturated rings. The van der Waals surface area contributed by atoms with E-state index < -0.39 is 0 Å². The van der Waals surface area contributed by atoms with Crippen molar-refractivity contribution in [2.45, 2.75) is 18.9 Å². The van der Waals surface area contributed by atoms with Crippen LogP contribution in [0.4, 0.5) is 0 Å². The number of nitrogen functional groups attached to an aromatic ring is 1. The molecule has 1 aliphatic rings. The first-order valence-electron chi connectivity index (χ1n) is 4.37. The molecule has 0 aromatic heterocycles. The number of rotatable bonds is 3. The van der Waals surface area contributed by atoms with Crippen LogP contribution < -0.4 is 10.5 Å². The van der Waals surface area contributed by atoms with E-state index in [9.17, 15) is 0 Å². The van der Waals surface area contributed by atoms with E-state index in [-0.39, 0.29) is 5.84 Å². The second-order valence-electron chi connectivity index (χ2n) is 3.23. The Bertz CT molecular complexity index is 331. The van der Waals surface area contributed by atoms with E-state index in [4.69, 9.17) is 15.9 Å². The van der Waals surface area contributed by atoms with E-state index in [1.165, 1.54) is 0 Å². The monoisotopic (exact) mass is 176 g/mol. The maximum Gasteiger partial charge on any atom is 0.130 e. The summed E-state index contributed by atoms with van der Waals surface area (Å²) in [6.07, 6.45) is 2.58. The lowest BCUT2D eigenvalue weighted by Gasteiger charge is -2.08. The summed E-state index contributed by atoms with van der Waals surface area (Å²) in [5.41, 5.74) is 6.10. The highest BCUT2D eigenvalue weighted by Crippen LogP contribution is 2.28. The van der Waals surface area contributed by atoms with Crippen LogP contribution in [0.2, 0.25) is 0 Å². The zero-order valence-corrected chi connectivity index (χ0v) is 7.29. The normalized spacial score (nSPS) is 15.4. The molecule has 0 radical (unpaired) electrons. The first kappa shape index (κ1) is 8.10. The minimum atomic E-state index is 0.0660. The Labute approximate surface area is 77.0 Å². The van der Waals surface area contributed by atoms with Gasteiger partial charge in [0.25, 0.3) is 0 Å². The van der Waals surface area contributed by atoms with Crippen molar-refractivity contribution in [2.75, 3.05) is 0 Å². The van der Waals surface area contributed by atoms with Gasteiger partial charge in [-0.15, -0.1) is 0 Å². The van der Waals surface area contributed by atoms with Crippen LogP contribution in [0.15, 0.2) is 24.3 Å². The average Bonchev–Trinajstić information content (AvgIpc) is 2.89. The summed E-state index contributed by atoms with van der Waals surface area (Å²) in [5.74, 6) is 0.800. The van der Waals surface area contributed by atoms with Gasteiger partial charge in [0.1, 0.15) is 11.6 Å². The molecular weight excluding hydrogens is 164 g/mol. The topological polar surface area (TPSA) is 59.1 Å². The van der Waals surface area contributed by atoms with Crippen LogP contribution >= 0.6 is 0 Å². The lowest BCUT2D eigenvalue weighted by atomic mass is 10.2. The summed E-state index contributed by atoms with van der Waals surface area (Å²) >= 11 is 0. The molecule has 1 aliphatic carbocycles. The first-order valence-corrected chi connectivity index (χ1v) is 4.37. The molecule has 1 aromatic carbocycles. The van der Waals surface area contributed by atoms with Gasteiger partial charge in [0.2, 0.25) is 0 Å². The molecule has 0 aliphatic heterocycles. The Morgan fingerprint density at radius 1 is 1.38 bits per heavy atom. The molecule has 0 unspecified atom stereocenters. The predicted molar refractivity (Wildman–Crippen MR) is 51.1 cm³/mol. The Kier molecular flexibility index (Phi) is 1.93. The van der Waals surface area contributed by atoms with E-state index in [2.05, 4.69) is 0 Å². The molecule has 0 heterocycles. The van der Waals surface area contributed by atoms with Crippen LogP contribution in [0, 0.1) is 5.41 Å². The molecule has 0 amide bonds. The highest BCUT2D eigenvalue weighted by molar-refractivity contribution is 5.97. The van der Waals surface area contributed by atoms with Crippen molar-refractivity contribution in [3.05, 3.63) is 29.8 Å². The molecule has 0 spiro atoms. The van der Waals surface area contributed by atoms with Crippen molar-refractivity contribution in [1.82, 2.24) is 0 Å². The van der Waals surface area contributed by atoms with Crippen LogP contribution in [0.3, 0.4) is 0 Å². The Balaban J connectivity index is 2.25. The Hall–Kier alpha value is -1.51. The third-order valence-electron chi connectivity index (χ3n) is 2.00. The summed E-state index contributed by atoms with van der Waals surface area (Å²) < 4.78 is 5.60. The van der Waals surface area contributed by atoms with E-state index in [1.807, 2.05) is 18.2 Å². The third-order valence-corrected chi connectivity index (χ3v) is 2.00. The maximum absolute atomic E-state index is 7.34. The molecule has 0 atom stereocenters. The van der Waals surface area contributed by atoms with Crippen LogP contribution in [-0.4, -0.2) is 11.9 Å². The molecular formula is C10H12N2O. The second-order valence-corrected chi connectivity index (χ2v) is 3.23. The Morgan fingerprint density at radius 2 is 2.08 bits per heavy atom. The maximum atomic E-state index is 7.34. The van der Waals surface area contributed by atoms with Crippen molar-refractivity contribution < 1.29 is 4.74 Å². The lowest BCUT2D eigenvalue weighted by Crippen LogP contribution is -2.13. The third kappa shape index (κ3) is 1.80. The van der Waals surface area contributed by atoms with Crippen LogP contribution in [0.1, 0.15) is 18.4 Å². The molecule has 3 nitrogen and oxygen atoms in total. The molecule has 1 saturated carbocycles. The van der Waals surface area contributed by atoms with E-state index in [0.717, 1.165) is 18.6 Å². The van der Waals surface area contributed by atoms with Gasteiger partial charge in [-0.05, 0) is 25.0 Å². The van der Waals surface area contributed by atoms with Gasteiger partial charge in [0, 0.05) is 0 Å². The van der Waals surface area contributed by atoms with Crippen molar-refractivity contribution in [2.24, 2.45) is 5.73 Å². The quantitative estimate of drug-likeness (QED) is 0.541. The fourth-order valence-corrected chi connectivity index (χ4v) is 1.16. The molecule has 1 aromatic rings. The van der Waals surface area contributed by atoms with Crippen molar-refractivity contribution in [1.29, 1.82) is 5.41 Å². The Morgan fingerprint density at radius 3 is 2.69 bits per heavy atom. The zero-order chi connectivity index (χ0) is 9.26. The molecule has 0 saturated heterocycles. The summed E-state index contributed by atoms with van der Waals surface area (Å²) in [7, 11) is 0. The van der Waals surface area contributed by atoms with Crippen LogP contribution in [0.5, 0.6) is 5.75 Å². The minimum Gasteiger partial charge on any atom is -0.490 e. The number of amidine groups is 1. The van der Waals surface area contributed by atoms with Gasteiger partial charge in [-0.3, -0.25) is 5.41 Å². The van der Waals surface area contributed by atoms with Crippen molar-refractivity contribution in [3.8, 4) is 5.75 Å². The standard InChI is InChI=1S/C10H12N2O/c11-10(12)8-3-1-2-4-9(8)13-7-5-6-7/h1-4,7H,5-6H2,(H3,11,12). The lowest BCUT2D eigenvalue weighted by molar-refractivity contribution is 0.302. The molecule has 13 heavy (non-hydrogen) atoms. The predicted octanol–water partition coefficient (Wildman–Crippen LogP) is 1.51. The number of nitrogens with one attached hydrogen (secondary N) is 1. The number of ether oxygens (including phenoxy) is 1. The number of para-hydroxylation sites is 1. The van der Waals surface area contributed by atoms with Crippen molar-refractivity contribution in [3.63, 3.8) is 0 Å². The summed E-state index contributed by atoms with van der Waals surface area (Å²) in [5, 5.41) is 7.34. The molecule has 3 heteroatoms. The summed E-state index contributed by atoms with van der Waals surface area (Å²) in [6, 6.07) is 7.41. The second kappa shape index (κ2) is 3.09. The summed E-state index contributed by atoms with van der Waals surface area (Å²) in [4.78, 5) is 0. The number of hydrogen-bond acceptors (Lipinski definition) is 2. The molecule has 68 valence electrons. The van der Waals surface area contributed by atoms with Gasteiger partial charge in [-0.2, -0.15) is 0 Å². The van der Waals surface area contributed by atoms with E-state index >= 15 is 0 Å². The smallest absolute Gasteiger partial charge is 0.130 e. The van der Waals surface area contributed by atoms with Crippen LogP contribution in [-0.2, 0) is 0 Å². The van der Waals surface area contributed by atoms with Gasteiger partial charge >= 0.3 is 0 Å². The van der Waals surface area contributed by atoms with Gasteiger partial charge in [-0.1, -0.05) is 12.1 Å². The van der Waals surface area contributed by atoms with Gasteiger partial charge in [0.05, 0.1) is 11.7 Å². The van der Waals surface area contributed by atoms with E-state index in [0.29, 0.717) is 11.7 Å². The molecule has 2 rings (SSSR count). The highest BCUT2D eigenvalue weighted by Gasteiger charge is 2.24. The zero-order valence-electron chi connectivity index (χ0n) is 7.29. The number of nitrogens with two attached hydrogens (primary N) is 1. The largest absolute Gasteiger partial charge is 0.490 e. The van der Waals surface area contributed by atoms with Gasteiger partial charge in [-0.25, -0.2) is 0 Å². The van der Waals surface area contributed by atoms with E-state index in [1.54, 1.807) is 6.07 Å². The van der Waals surface area contributed by atoms with Gasteiger partial charge in [0.15, 0.2) is 0 Å².